The van der Waals surface area contributed by atoms with E-state index in [2.05, 4.69) is 5.32 Å². The number of carbonyl (C=O) groups excluding carboxylic acids is 1. The fourth-order valence-corrected chi connectivity index (χ4v) is 3.04. The number of benzene rings is 1. The zero-order valence-corrected chi connectivity index (χ0v) is 12.5. The first kappa shape index (κ1) is 14.9. The summed E-state index contributed by atoms with van der Waals surface area (Å²) in [6, 6.07) is 11.5. The van der Waals surface area contributed by atoms with E-state index in [-0.39, 0.29) is 12.5 Å². The highest BCUT2D eigenvalue weighted by molar-refractivity contribution is 5.98. The summed E-state index contributed by atoms with van der Waals surface area (Å²) in [5.74, 6) is 0.0217. The molecular weight excluding hydrogens is 278 g/mol. The molecule has 1 aromatic heterocycles. The molecule has 0 bridgehead atoms. The Bertz CT molecular complexity index is 627. The predicted octanol–water partition coefficient (Wildman–Crippen LogP) is 3.37. The minimum atomic E-state index is -0.770. The molecule has 116 valence electrons. The van der Waals surface area contributed by atoms with E-state index in [9.17, 15) is 9.90 Å². The first-order chi connectivity index (χ1) is 10.7. The predicted molar refractivity (Wildman–Crippen MR) is 84.5 cm³/mol. The molecule has 4 heteroatoms. The van der Waals surface area contributed by atoms with Gasteiger partial charge in [0.05, 0.1) is 11.9 Å². The first-order valence-electron chi connectivity index (χ1n) is 7.81. The Balaban J connectivity index is 1.70. The van der Waals surface area contributed by atoms with Crippen LogP contribution < -0.4 is 5.32 Å². The Morgan fingerprint density at radius 2 is 1.86 bits per heavy atom. The Kier molecular flexibility index (Phi) is 4.29. The summed E-state index contributed by atoms with van der Waals surface area (Å²) in [5, 5.41) is 13.3. The van der Waals surface area contributed by atoms with Gasteiger partial charge in [-0.05, 0) is 24.5 Å². The fourth-order valence-electron chi connectivity index (χ4n) is 3.04. The first-order valence-corrected chi connectivity index (χ1v) is 7.81. The molecule has 0 atom stereocenters. The number of carbonyl (C=O) groups is 1. The summed E-state index contributed by atoms with van der Waals surface area (Å²) in [5.41, 5.74) is 0.944. The number of furan rings is 1. The smallest absolute Gasteiger partial charge is 0.287 e. The van der Waals surface area contributed by atoms with Gasteiger partial charge < -0.3 is 14.8 Å². The van der Waals surface area contributed by atoms with Crippen molar-refractivity contribution in [1.82, 2.24) is 5.32 Å². The molecule has 22 heavy (non-hydrogen) atoms. The lowest BCUT2D eigenvalue weighted by molar-refractivity contribution is 0.00503. The van der Waals surface area contributed by atoms with Crippen molar-refractivity contribution in [3.63, 3.8) is 0 Å². The van der Waals surface area contributed by atoms with Crippen molar-refractivity contribution in [1.29, 1.82) is 0 Å². The van der Waals surface area contributed by atoms with Gasteiger partial charge >= 0.3 is 0 Å². The molecule has 1 heterocycles. The second kappa shape index (κ2) is 6.36. The summed E-state index contributed by atoms with van der Waals surface area (Å²) < 4.78 is 5.36. The van der Waals surface area contributed by atoms with Gasteiger partial charge in [-0.2, -0.15) is 0 Å². The number of aliphatic hydroxyl groups is 1. The minimum Gasteiger partial charge on any atom is -0.459 e. The summed E-state index contributed by atoms with van der Waals surface area (Å²) in [4.78, 5) is 12.4. The average Bonchev–Trinajstić information content (AvgIpc) is 3.04. The van der Waals surface area contributed by atoms with Gasteiger partial charge in [-0.25, -0.2) is 0 Å². The summed E-state index contributed by atoms with van der Waals surface area (Å²) in [6.45, 7) is 0.279. The average molecular weight is 299 g/mol. The van der Waals surface area contributed by atoms with Crippen LogP contribution in [0, 0.1) is 0 Å². The zero-order valence-electron chi connectivity index (χ0n) is 12.5. The van der Waals surface area contributed by atoms with E-state index in [1.807, 2.05) is 30.3 Å². The lowest BCUT2D eigenvalue weighted by Gasteiger charge is -2.31. The lowest BCUT2D eigenvalue weighted by atomic mass is 9.85. The molecule has 1 fully saturated rings. The van der Waals surface area contributed by atoms with Crippen molar-refractivity contribution in [2.75, 3.05) is 6.54 Å². The Labute approximate surface area is 130 Å². The van der Waals surface area contributed by atoms with Crippen LogP contribution in [0.3, 0.4) is 0 Å². The molecule has 2 N–H and O–H groups in total. The highest BCUT2D eigenvalue weighted by Crippen LogP contribution is 2.28. The molecule has 0 spiro atoms. The molecule has 0 saturated heterocycles. The van der Waals surface area contributed by atoms with E-state index in [0.29, 0.717) is 5.76 Å². The van der Waals surface area contributed by atoms with Crippen molar-refractivity contribution in [2.24, 2.45) is 0 Å². The van der Waals surface area contributed by atoms with Crippen LogP contribution in [0.2, 0.25) is 0 Å². The van der Waals surface area contributed by atoms with E-state index < -0.39 is 5.60 Å². The van der Waals surface area contributed by atoms with Gasteiger partial charge in [-0.15, -0.1) is 0 Å². The van der Waals surface area contributed by atoms with Gasteiger partial charge in [0, 0.05) is 12.1 Å². The van der Waals surface area contributed by atoms with Crippen LogP contribution in [0.15, 0.2) is 47.1 Å². The largest absolute Gasteiger partial charge is 0.459 e. The number of rotatable bonds is 4. The van der Waals surface area contributed by atoms with E-state index >= 15 is 0 Å². The minimum absolute atomic E-state index is 0.275. The van der Waals surface area contributed by atoms with Crippen molar-refractivity contribution in [3.05, 3.63) is 48.4 Å². The summed E-state index contributed by atoms with van der Waals surface area (Å²) in [7, 11) is 0. The normalized spacial score (nSPS) is 17.1. The molecule has 2 aromatic rings. The number of amides is 1. The van der Waals surface area contributed by atoms with Crippen LogP contribution in [0.1, 0.15) is 42.7 Å². The third-order valence-corrected chi connectivity index (χ3v) is 4.32. The van der Waals surface area contributed by atoms with E-state index in [4.69, 9.17) is 4.42 Å². The van der Waals surface area contributed by atoms with Crippen molar-refractivity contribution < 1.29 is 14.3 Å². The molecule has 1 aliphatic carbocycles. The highest BCUT2D eigenvalue weighted by atomic mass is 16.3. The summed E-state index contributed by atoms with van der Waals surface area (Å²) >= 11 is 0. The molecule has 0 unspecified atom stereocenters. The maximum atomic E-state index is 12.4. The molecule has 3 rings (SSSR count). The van der Waals surface area contributed by atoms with Crippen molar-refractivity contribution in [3.8, 4) is 11.1 Å². The van der Waals surface area contributed by atoms with Crippen LogP contribution in [0.25, 0.3) is 11.1 Å². The second-order valence-corrected chi connectivity index (χ2v) is 6.00. The maximum absolute atomic E-state index is 12.4. The van der Waals surface area contributed by atoms with Gasteiger partial charge in [-0.1, -0.05) is 49.6 Å². The molecule has 1 amide bonds. The third kappa shape index (κ3) is 3.22. The molecule has 1 saturated carbocycles. The van der Waals surface area contributed by atoms with Gasteiger partial charge in [0.1, 0.15) is 0 Å². The molecule has 1 aromatic carbocycles. The van der Waals surface area contributed by atoms with Crippen LogP contribution in [-0.4, -0.2) is 23.2 Å². The monoisotopic (exact) mass is 299 g/mol. The lowest BCUT2D eigenvalue weighted by Crippen LogP contribution is -2.44. The standard InChI is InChI=1S/C18H21NO3/c20-17(19-13-18(21)10-5-2-6-11-18)16-15(9-12-22-16)14-7-3-1-4-8-14/h1,3-4,7-9,12,21H,2,5-6,10-11,13H2,(H,19,20). The van der Waals surface area contributed by atoms with Gasteiger partial charge in [-0.3, -0.25) is 4.79 Å². The van der Waals surface area contributed by atoms with Crippen LogP contribution >= 0.6 is 0 Å². The second-order valence-electron chi connectivity index (χ2n) is 6.00. The van der Waals surface area contributed by atoms with Crippen molar-refractivity contribution >= 4 is 5.91 Å². The topological polar surface area (TPSA) is 62.5 Å². The quantitative estimate of drug-likeness (QED) is 0.910. The summed E-state index contributed by atoms with van der Waals surface area (Å²) in [6.07, 6.45) is 6.21. The Morgan fingerprint density at radius 3 is 2.59 bits per heavy atom. The van der Waals surface area contributed by atoms with Crippen LogP contribution in [-0.2, 0) is 0 Å². The van der Waals surface area contributed by atoms with E-state index in [0.717, 1.165) is 43.2 Å². The maximum Gasteiger partial charge on any atom is 0.287 e. The van der Waals surface area contributed by atoms with Gasteiger partial charge in [0.15, 0.2) is 5.76 Å². The molecule has 4 nitrogen and oxygen atoms in total. The number of hydrogen-bond acceptors (Lipinski definition) is 3. The molecule has 0 aliphatic heterocycles. The van der Waals surface area contributed by atoms with E-state index in [1.54, 1.807) is 6.07 Å². The number of nitrogens with one attached hydrogen (secondary N) is 1. The molecule has 1 aliphatic rings. The SMILES string of the molecule is O=C(NCC1(O)CCCCC1)c1occc1-c1ccccc1. The molecule has 0 radical (unpaired) electrons. The van der Waals surface area contributed by atoms with E-state index in [1.165, 1.54) is 6.26 Å². The fraction of sp³-hybridized carbons (Fsp3) is 0.389. The molecular formula is C18H21NO3. The third-order valence-electron chi connectivity index (χ3n) is 4.32. The van der Waals surface area contributed by atoms with Crippen LogP contribution in [0.5, 0.6) is 0 Å². The Morgan fingerprint density at radius 1 is 1.14 bits per heavy atom. The Hall–Kier alpha value is -2.07. The van der Waals surface area contributed by atoms with Gasteiger partial charge in [0.25, 0.3) is 5.91 Å². The zero-order chi connectivity index (χ0) is 15.4. The van der Waals surface area contributed by atoms with Crippen LogP contribution in [0.4, 0.5) is 0 Å². The van der Waals surface area contributed by atoms with Gasteiger partial charge in [0.2, 0.25) is 0 Å². The van der Waals surface area contributed by atoms with Crippen molar-refractivity contribution in [2.45, 2.75) is 37.7 Å². The highest BCUT2D eigenvalue weighted by Gasteiger charge is 2.30. The number of hydrogen-bond donors (Lipinski definition) is 2.